The second kappa shape index (κ2) is 8.11. The Balaban J connectivity index is 1.91. The van der Waals surface area contributed by atoms with Crippen molar-refractivity contribution in [1.82, 2.24) is 5.32 Å². The van der Waals surface area contributed by atoms with Gasteiger partial charge in [-0.1, -0.05) is 17.7 Å². The minimum Gasteiger partial charge on any atom is -0.396 e. The fourth-order valence-corrected chi connectivity index (χ4v) is 3.32. The summed E-state index contributed by atoms with van der Waals surface area (Å²) in [7, 11) is 0. The van der Waals surface area contributed by atoms with E-state index < -0.39 is 0 Å². The van der Waals surface area contributed by atoms with Crippen LogP contribution in [0.1, 0.15) is 45.8 Å². The molecule has 118 valence electrons. The fraction of sp³-hybridized carbons (Fsp3) is 0.389. The van der Waals surface area contributed by atoms with Crippen LogP contribution in [-0.2, 0) is 0 Å². The lowest BCUT2D eigenvalue weighted by Crippen LogP contribution is -2.26. The van der Waals surface area contributed by atoms with Gasteiger partial charge in [-0.15, -0.1) is 0 Å². The average molecular weight is 317 g/mol. The van der Waals surface area contributed by atoms with Gasteiger partial charge < -0.3 is 10.4 Å². The molecule has 3 nitrogen and oxygen atoms in total. The lowest BCUT2D eigenvalue weighted by atomic mass is 9.95. The first kappa shape index (κ1) is 16.7. The van der Waals surface area contributed by atoms with E-state index in [2.05, 4.69) is 16.8 Å². The van der Waals surface area contributed by atoms with Gasteiger partial charge in [-0.2, -0.15) is 11.3 Å². The molecule has 1 aromatic carbocycles. The summed E-state index contributed by atoms with van der Waals surface area (Å²) in [5.41, 5.74) is 4.08. The van der Waals surface area contributed by atoms with Gasteiger partial charge in [0.1, 0.15) is 0 Å². The Bertz CT molecular complexity index is 608. The number of carbonyl (C=O) groups is 1. The topological polar surface area (TPSA) is 49.3 Å². The van der Waals surface area contributed by atoms with Gasteiger partial charge in [0.2, 0.25) is 0 Å². The Morgan fingerprint density at radius 2 is 2.09 bits per heavy atom. The van der Waals surface area contributed by atoms with Crippen molar-refractivity contribution in [3.8, 4) is 0 Å². The normalized spacial score (nSPS) is 12.1. The van der Waals surface area contributed by atoms with Crippen molar-refractivity contribution in [2.75, 3.05) is 13.2 Å². The predicted molar refractivity (Wildman–Crippen MR) is 91.6 cm³/mol. The van der Waals surface area contributed by atoms with Crippen LogP contribution in [-0.4, -0.2) is 24.2 Å². The summed E-state index contributed by atoms with van der Waals surface area (Å²) in [6.07, 6.45) is 1.57. The van der Waals surface area contributed by atoms with Crippen LogP contribution in [0.25, 0.3) is 0 Å². The van der Waals surface area contributed by atoms with Crippen molar-refractivity contribution in [3.63, 3.8) is 0 Å². The monoisotopic (exact) mass is 317 g/mol. The third-order valence-electron chi connectivity index (χ3n) is 3.91. The molecule has 0 fully saturated rings. The summed E-state index contributed by atoms with van der Waals surface area (Å²) in [6.45, 7) is 4.73. The minimum absolute atomic E-state index is 0.0192. The molecule has 0 aliphatic heterocycles. The van der Waals surface area contributed by atoms with Gasteiger partial charge in [-0.25, -0.2) is 0 Å². The number of aliphatic hydroxyl groups is 1. The number of amides is 1. The van der Waals surface area contributed by atoms with E-state index in [0.717, 1.165) is 29.5 Å². The largest absolute Gasteiger partial charge is 0.396 e. The quantitative estimate of drug-likeness (QED) is 0.819. The maximum atomic E-state index is 12.3. The third-order valence-corrected chi connectivity index (χ3v) is 4.61. The molecule has 2 aromatic rings. The summed E-state index contributed by atoms with van der Waals surface area (Å²) in [4.78, 5) is 12.3. The summed E-state index contributed by atoms with van der Waals surface area (Å²) >= 11 is 1.66. The standard InChI is InChI=1S/C18H23NO2S/c1-13-3-4-14(2)17(11-13)18(21)19-8-5-15(6-9-20)16-7-10-22-12-16/h3-4,7,10-12,15,20H,5-6,8-9H2,1-2H3,(H,19,21). The molecule has 0 aliphatic rings. The van der Waals surface area contributed by atoms with Crippen LogP contribution < -0.4 is 5.32 Å². The van der Waals surface area contributed by atoms with Crippen LogP contribution in [0.15, 0.2) is 35.0 Å². The van der Waals surface area contributed by atoms with E-state index in [9.17, 15) is 9.90 Å². The number of hydrogen-bond donors (Lipinski definition) is 2. The van der Waals surface area contributed by atoms with Gasteiger partial charge in [0, 0.05) is 18.7 Å². The number of benzene rings is 1. The number of carbonyl (C=O) groups excluding carboxylic acids is 1. The molecule has 1 amide bonds. The summed E-state index contributed by atoms with van der Waals surface area (Å²) in [6, 6.07) is 8.01. The zero-order chi connectivity index (χ0) is 15.9. The van der Waals surface area contributed by atoms with Crippen LogP contribution >= 0.6 is 11.3 Å². The second-order valence-corrected chi connectivity index (χ2v) is 6.41. The number of aryl methyl sites for hydroxylation is 2. The first-order valence-electron chi connectivity index (χ1n) is 7.60. The lowest BCUT2D eigenvalue weighted by Gasteiger charge is -2.15. The fourth-order valence-electron chi connectivity index (χ4n) is 2.58. The number of thiophene rings is 1. The van der Waals surface area contributed by atoms with E-state index in [1.165, 1.54) is 5.56 Å². The Kier molecular flexibility index (Phi) is 6.16. The Labute approximate surface area is 136 Å². The van der Waals surface area contributed by atoms with Crippen molar-refractivity contribution >= 4 is 17.2 Å². The molecule has 1 unspecified atom stereocenters. The average Bonchev–Trinajstić information content (AvgIpc) is 3.03. The van der Waals surface area contributed by atoms with Crippen molar-refractivity contribution in [3.05, 3.63) is 57.3 Å². The van der Waals surface area contributed by atoms with Crippen LogP contribution in [0.5, 0.6) is 0 Å². The van der Waals surface area contributed by atoms with Gasteiger partial charge in [-0.3, -0.25) is 4.79 Å². The SMILES string of the molecule is Cc1ccc(C)c(C(=O)NCCC(CCO)c2ccsc2)c1. The highest BCUT2D eigenvalue weighted by atomic mass is 32.1. The first-order chi connectivity index (χ1) is 10.6. The number of aliphatic hydroxyl groups excluding tert-OH is 1. The molecule has 2 rings (SSSR count). The van der Waals surface area contributed by atoms with Crippen LogP contribution in [0.4, 0.5) is 0 Å². The van der Waals surface area contributed by atoms with Crippen molar-refractivity contribution in [2.24, 2.45) is 0 Å². The van der Waals surface area contributed by atoms with Gasteiger partial charge in [0.15, 0.2) is 0 Å². The maximum absolute atomic E-state index is 12.3. The van der Waals surface area contributed by atoms with Crippen LogP contribution in [0, 0.1) is 13.8 Å². The zero-order valence-electron chi connectivity index (χ0n) is 13.1. The molecule has 0 saturated heterocycles. The van der Waals surface area contributed by atoms with E-state index in [0.29, 0.717) is 12.5 Å². The molecule has 4 heteroatoms. The van der Waals surface area contributed by atoms with Crippen LogP contribution in [0.2, 0.25) is 0 Å². The molecule has 1 atom stereocenters. The molecule has 0 radical (unpaired) electrons. The van der Waals surface area contributed by atoms with E-state index in [-0.39, 0.29) is 12.5 Å². The Morgan fingerprint density at radius 1 is 1.27 bits per heavy atom. The Morgan fingerprint density at radius 3 is 2.77 bits per heavy atom. The van der Waals surface area contributed by atoms with Gasteiger partial charge in [0.25, 0.3) is 5.91 Å². The maximum Gasteiger partial charge on any atom is 0.251 e. The molecule has 0 saturated carbocycles. The molecule has 2 N–H and O–H groups in total. The zero-order valence-corrected chi connectivity index (χ0v) is 14.0. The van der Waals surface area contributed by atoms with Gasteiger partial charge in [0.05, 0.1) is 0 Å². The number of rotatable bonds is 7. The summed E-state index contributed by atoms with van der Waals surface area (Å²) in [5, 5.41) is 16.4. The van der Waals surface area contributed by atoms with Gasteiger partial charge in [-0.05, 0) is 66.6 Å². The molecule has 22 heavy (non-hydrogen) atoms. The summed E-state index contributed by atoms with van der Waals surface area (Å²) < 4.78 is 0. The summed E-state index contributed by atoms with van der Waals surface area (Å²) in [5.74, 6) is 0.282. The van der Waals surface area contributed by atoms with E-state index in [1.807, 2.05) is 37.4 Å². The predicted octanol–water partition coefficient (Wildman–Crippen LogP) is 3.65. The molecular formula is C18H23NO2S. The molecule has 0 aliphatic carbocycles. The highest BCUT2D eigenvalue weighted by molar-refractivity contribution is 7.07. The molecule has 0 bridgehead atoms. The van der Waals surface area contributed by atoms with Gasteiger partial charge >= 0.3 is 0 Å². The van der Waals surface area contributed by atoms with E-state index >= 15 is 0 Å². The molecule has 0 spiro atoms. The minimum atomic E-state index is -0.0192. The Hall–Kier alpha value is -1.65. The number of hydrogen-bond acceptors (Lipinski definition) is 3. The molecule has 1 aromatic heterocycles. The highest BCUT2D eigenvalue weighted by Crippen LogP contribution is 2.24. The van der Waals surface area contributed by atoms with Crippen molar-refractivity contribution < 1.29 is 9.90 Å². The third kappa shape index (κ3) is 4.42. The van der Waals surface area contributed by atoms with E-state index in [4.69, 9.17) is 0 Å². The van der Waals surface area contributed by atoms with Crippen LogP contribution in [0.3, 0.4) is 0 Å². The molecule has 1 heterocycles. The highest BCUT2D eigenvalue weighted by Gasteiger charge is 2.13. The smallest absolute Gasteiger partial charge is 0.251 e. The van der Waals surface area contributed by atoms with Crippen molar-refractivity contribution in [2.45, 2.75) is 32.6 Å². The van der Waals surface area contributed by atoms with E-state index in [1.54, 1.807) is 11.3 Å². The van der Waals surface area contributed by atoms with Crippen molar-refractivity contribution in [1.29, 1.82) is 0 Å². The number of nitrogens with one attached hydrogen (secondary N) is 1. The second-order valence-electron chi connectivity index (χ2n) is 5.63. The first-order valence-corrected chi connectivity index (χ1v) is 8.54. The lowest BCUT2D eigenvalue weighted by molar-refractivity contribution is 0.0951. The molecular weight excluding hydrogens is 294 g/mol.